The second kappa shape index (κ2) is 85.8. The van der Waals surface area contributed by atoms with Gasteiger partial charge in [0.1, 0.15) is 52.9 Å². The van der Waals surface area contributed by atoms with Crippen molar-refractivity contribution in [2.45, 2.75) is 156 Å². The molecule has 142 heavy (non-hydrogen) atoms. The van der Waals surface area contributed by atoms with Crippen LogP contribution in [0.2, 0.25) is 0 Å². The molecular weight excluding hydrogens is 1880 g/mol. The maximum absolute atomic E-state index is 11.6. The van der Waals surface area contributed by atoms with E-state index in [9.17, 15) is 115 Å². The number of carbonyl (C=O) groups excluding carboxylic acids is 24. The van der Waals surface area contributed by atoms with Gasteiger partial charge in [0.25, 0.3) is 5.91 Å². The van der Waals surface area contributed by atoms with Crippen LogP contribution in [-0.4, -0.2) is 302 Å². The predicted molar refractivity (Wildman–Crippen MR) is 505 cm³/mol. The SMILES string of the molecule is CC(C)OC(=O)/C=C/C(=O)OCCNC(=O)C(C)C.COC(=O)/C=C/C(=O)OCCNC(=O)C(C)(C)C.COC(=O)/C=C/C(=O)OCCNC(=O)C(C)C.COC(=O)/C=C/C(=O)OCCNC(=O)c1ccccc1.COC(=O)/C=C/C(=O)OCCNC(C)=O.COC(=O)/C=C/C(=O)OC[C@@H](C)NC(=O)C(C)(C)C.COC(=O)/C=C/C(=O)OC[C@@H](C)NC(=O)C(C)C.COC(=O)/C=C/C(=O)OC[C@@H](C)NC(C)=O. The molecule has 1 aromatic carbocycles. The molecule has 0 aliphatic carbocycles. The zero-order valence-corrected chi connectivity index (χ0v) is 85.2. The summed E-state index contributed by atoms with van der Waals surface area (Å²) in [5, 5.41) is 20.8. The molecule has 0 aliphatic heterocycles. The Kier molecular flexibility index (Phi) is 84.3. The first-order valence-corrected chi connectivity index (χ1v) is 43.1. The fraction of sp³-hybridized carbons (Fsp3) is 0.511. The molecule has 0 saturated heterocycles. The molecule has 0 fully saturated rings. The highest BCUT2D eigenvalue weighted by Gasteiger charge is 2.24. The fourth-order valence-electron chi connectivity index (χ4n) is 7.19. The number of esters is 16. The van der Waals surface area contributed by atoms with Crippen LogP contribution >= 0.6 is 0 Å². The summed E-state index contributed by atoms with van der Waals surface area (Å²) in [5.41, 5.74) is -0.442. The molecule has 0 radical (unpaired) electrons. The lowest BCUT2D eigenvalue weighted by Crippen LogP contribution is -2.42. The van der Waals surface area contributed by atoms with Gasteiger partial charge in [-0.05, 0) is 46.8 Å². The van der Waals surface area contributed by atoms with Crippen molar-refractivity contribution < 1.29 is 191 Å². The average molecular weight is 2020 g/mol. The van der Waals surface area contributed by atoms with Crippen molar-refractivity contribution in [2.75, 3.05) is 135 Å². The third-order valence-electron chi connectivity index (χ3n) is 14.5. The van der Waals surface area contributed by atoms with Crippen LogP contribution in [-0.2, 0) is 186 Å². The van der Waals surface area contributed by atoms with Gasteiger partial charge >= 0.3 is 95.5 Å². The molecule has 1 aromatic rings. The molecule has 48 nitrogen and oxygen atoms in total. The fourth-order valence-corrected chi connectivity index (χ4v) is 7.19. The van der Waals surface area contributed by atoms with Crippen LogP contribution < -0.4 is 42.5 Å². The maximum Gasteiger partial charge on any atom is 0.331 e. The molecule has 0 heterocycles. The van der Waals surface area contributed by atoms with Crippen molar-refractivity contribution in [3.63, 3.8) is 0 Å². The number of benzene rings is 1. The van der Waals surface area contributed by atoms with Gasteiger partial charge in [-0.1, -0.05) is 101 Å². The van der Waals surface area contributed by atoms with E-state index in [4.69, 9.17) is 37.9 Å². The van der Waals surface area contributed by atoms with Crippen LogP contribution in [0.5, 0.6) is 0 Å². The monoisotopic (exact) mass is 2020 g/mol. The normalized spacial score (nSPS) is 11.2. The summed E-state index contributed by atoms with van der Waals surface area (Å²) in [7, 11) is 8.45. The average Bonchev–Trinajstić information content (AvgIpc) is 0.904. The van der Waals surface area contributed by atoms with Crippen LogP contribution in [0.1, 0.15) is 142 Å². The molecule has 0 aliphatic rings. The first-order valence-electron chi connectivity index (χ1n) is 43.1. The molecule has 48 heteroatoms. The zero-order chi connectivity index (χ0) is 110. The van der Waals surface area contributed by atoms with Crippen LogP contribution in [0.4, 0.5) is 0 Å². The van der Waals surface area contributed by atoms with Gasteiger partial charge in [-0.15, -0.1) is 0 Å². The summed E-state index contributed by atoms with van der Waals surface area (Å²) in [4.78, 5) is 264. The zero-order valence-electron chi connectivity index (χ0n) is 85.2. The lowest BCUT2D eigenvalue weighted by molar-refractivity contribution is -0.143. The van der Waals surface area contributed by atoms with Crippen molar-refractivity contribution in [2.24, 2.45) is 28.6 Å². The van der Waals surface area contributed by atoms with E-state index < -0.39 is 106 Å². The third-order valence-corrected chi connectivity index (χ3v) is 14.5. The van der Waals surface area contributed by atoms with E-state index in [2.05, 4.69) is 80.4 Å². The Morgan fingerprint density at radius 1 is 0.261 bits per heavy atom. The molecule has 0 unspecified atom stereocenters. The Bertz CT molecular complexity index is 4390. The number of nitrogens with one attached hydrogen (secondary N) is 8. The molecule has 796 valence electrons. The number of rotatable bonds is 45. The lowest BCUT2D eigenvalue weighted by Gasteiger charge is -2.21. The van der Waals surface area contributed by atoms with Crippen molar-refractivity contribution in [3.05, 3.63) is 133 Å². The van der Waals surface area contributed by atoms with Crippen LogP contribution in [0.15, 0.2) is 128 Å². The molecule has 1 rings (SSSR count). The van der Waals surface area contributed by atoms with E-state index in [1.54, 1.807) is 142 Å². The van der Waals surface area contributed by atoms with Crippen molar-refractivity contribution in [3.8, 4) is 0 Å². The Hall–Kier alpha value is -15.6. The molecule has 8 N–H and O–H groups in total. The topological polar surface area (TPSA) is 654 Å². The highest BCUT2D eigenvalue weighted by molar-refractivity contribution is 5.97. The number of hydrogen-bond acceptors (Lipinski definition) is 40. The van der Waals surface area contributed by atoms with Gasteiger partial charge in [-0.25, -0.2) is 76.7 Å². The minimum Gasteiger partial charge on any atom is -0.466 e. The van der Waals surface area contributed by atoms with Gasteiger partial charge in [0.15, 0.2) is 0 Å². The quantitative estimate of drug-likeness (QED) is 0.0201. The molecule has 0 bridgehead atoms. The molecule has 0 spiro atoms. The summed E-state index contributed by atoms with van der Waals surface area (Å²) < 4.78 is 73.0. The van der Waals surface area contributed by atoms with Gasteiger partial charge in [-0.2, -0.15) is 0 Å². The van der Waals surface area contributed by atoms with Crippen LogP contribution in [0.25, 0.3) is 0 Å². The summed E-state index contributed by atoms with van der Waals surface area (Å²) >= 11 is 0. The Morgan fingerprint density at radius 3 is 0.739 bits per heavy atom. The summed E-state index contributed by atoms with van der Waals surface area (Å²) in [6.45, 7) is 34.1. The largest absolute Gasteiger partial charge is 0.466 e. The minimum atomic E-state index is -0.677. The summed E-state index contributed by atoms with van der Waals surface area (Å²) in [5.74, 6) is -11.9. The van der Waals surface area contributed by atoms with E-state index in [1.165, 1.54) is 63.6 Å². The van der Waals surface area contributed by atoms with E-state index in [0.29, 0.717) is 5.56 Å². The van der Waals surface area contributed by atoms with Crippen molar-refractivity contribution >= 4 is 143 Å². The third kappa shape index (κ3) is 96.1. The smallest absolute Gasteiger partial charge is 0.331 e. The van der Waals surface area contributed by atoms with Gasteiger partial charge in [0.2, 0.25) is 41.4 Å². The lowest BCUT2D eigenvalue weighted by atomic mass is 9.95. The van der Waals surface area contributed by atoms with E-state index in [0.717, 1.165) is 97.2 Å². The Balaban J connectivity index is -0.000000294. The number of amides is 8. The van der Waals surface area contributed by atoms with Gasteiger partial charge in [-0.3, -0.25) is 38.4 Å². The Labute approximate surface area is 825 Å². The molecule has 0 saturated carbocycles. The maximum atomic E-state index is 11.6. The summed E-state index contributed by atoms with van der Waals surface area (Å²) in [6, 6.07) is 7.83. The van der Waals surface area contributed by atoms with E-state index in [1.807, 2.05) is 6.07 Å². The molecule has 8 amide bonds. The van der Waals surface area contributed by atoms with Crippen molar-refractivity contribution in [1.29, 1.82) is 0 Å². The van der Waals surface area contributed by atoms with Crippen LogP contribution in [0.3, 0.4) is 0 Å². The van der Waals surface area contributed by atoms with Gasteiger partial charge in [0.05, 0.1) is 107 Å². The molecule has 0 aromatic heterocycles. The van der Waals surface area contributed by atoms with E-state index in [-0.39, 0.29) is 175 Å². The highest BCUT2D eigenvalue weighted by atomic mass is 16.6. The second-order valence-corrected chi connectivity index (χ2v) is 30.8. The number of carbonyl (C=O) groups is 24. The Morgan fingerprint density at radius 2 is 0.493 bits per heavy atom. The number of hydrogen-bond donors (Lipinski definition) is 8. The minimum absolute atomic E-state index is 0.0168. The first kappa shape index (κ1) is 139. The highest BCUT2D eigenvalue weighted by Crippen LogP contribution is 2.14. The molecule has 3 atom stereocenters. The summed E-state index contributed by atoms with van der Waals surface area (Å²) in [6.07, 6.45) is 15.3. The first-order chi connectivity index (χ1) is 66.2. The van der Waals surface area contributed by atoms with Crippen molar-refractivity contribution in [1.82, 2.24) is 42.5 Å². The second-order valence-electron chi connectivity index (χ2n) is 30.8. The van der Waals surface area contributed by atoms with Gasteiger partial charge in [0, 0.05) is 145 Å². The predicted octanol–water partition coefficient (Wildman–Crippen LogP) is 2.36. The molecular formula is C94H140N8O40. The van der Waals surface area contributed by atoms with Gasteiger partial charge < -0.3 is 118 Å². The van der Waals surface area contributed by atoms with Crippen LogP contribution in [0, 0.1) is 28.6 Å². The van der Waals surface area contributed by atoms with E-state index >= 15 is 0 Å². The standard InChI is InChI=1S/C14H15NO5.2C13H21NO5.2C12H19NO5.C11H17NO5.C10H15NO5.C9H13NO5/c1-19-12(16)7-8-13(17)20-10-9-15-14(18)11-5-3-2-4-6-11;1-9(14-12(17)13(2,3)4)8-19-11(16)7-6-10(15)18-5;1-9(2)13(17)14-7-8-18-11(15)5-6-12(16)19-10(3)4;1-12(2,3)11(16)13-7-8-18-10(15)6-5-9(14)17-4;1-8(2)12(16)13-9(3)7-18-11(15)6-5-10(14)17-4;1-8(2)11(15)12-6-7-17-10(14)5-4-9(13)16-3;1-7(11-8(2)12)6-16-10(14)5-4-9(13)15-3;1-7(11)10-5-6-15-9(13)4-3-8(12)14-2/h2-8H,9-10H2,1H3,(H,15,18);6-7,9H,8H2,1-5H3,(H,14,17);5-6,9-10H,7-8H2,1-4H3,(H,14,17);5-6H,7-8H2,1-4H3,(H,13,16);5-6,8-9H,7H2,1-4H3,(H,13,16);4-5,8H,6-7H2,1-3H3,(H,12,15);4-5,7H,6H2,1-3H3,(H,11,12);3-4H,5-6H2,1-2H3,(H,10,11)/b8-7+;7-6+;3*6-5+;2*5-4+;4-3+/t;9-;;;9-;;7-;/m.1..1.1./s1. The number of methoxy groups -OCH3 is 7. The number of ether oxygens (including phenoxy) is 16.